The molecule has 2 aromatic heterocycles. The molecule has 6 rings (SSSR count). The number of ketones is 1. The van der Waals surface area contributed by atoms with E-state index in [0.29, 0.717) is 28.6 Å². The lowest BCUT2D eigenvalue weighted by atomic mass is 10.00. The molecule has 6 nitrogen and oxygen atoms in total. The van der Waals surface area contributed by atoms with Gasteiger partial charge in [-0.2, -0.15) is 0 Å². The molecule has 144 valence electrons. The molecule has 0 N–H and O–H groups in total. The average Bonchev–Trinajstić information content (AvgIpc) is 3.41. The maximum Gasteiger partial charge on any atom is 0.234 e. The smallest absolute Gasteiger partial charge is 0.234 e. The van der Waals surface area contributed by atoms with Crippen molar-refractivity contribution in [3.63, 3.8) is 0 Å². The van der Waals surface area contributed by atoms with Crippen LogP contribution in [0.5, 0.6) is 11.5 Å². The molecule has 3 heterocycles. The van der Waals surface area contributed by atoms with E-state index in [2.05, 4.69) is 9.97 Å². The Morgan fingerprint density at radius 1 is 0.833 bits per heavy atom. The van der Waals surface area contributed by atoms with Crippen LogP contribution < -0.4 is 9.47 Å². The van der Waals surface area contributed by atoms with Crippen molar-refractivity contribution in [2.24, 2.45) is 0 Å². The third-order valence-electron chi connectivity index (χ3n) is 5.33. The largest absolute Gasteiger partial charge is 0.454 e. The summed E-state index contributed by atoms with van der Waals surface area (Å²) in [6.07, 6.45) is 3.40. The normalized spacial score (nSPS) is 12.5. The third-order valence-corrected chi connectivity index (χ3v) is 5.33. The fourth-order valence-corrected chi connectivity index (χ4v) is 4.01. The number of carbonyl (C=O) groups excluding carboxylic acids is 1. The van der Waals surface area contributed by atoms with Crippen molar-refractivity contribution in [1.82, 2.24) is 14.5 Å². The number of benzene rings is 3. The quantitative estimate of drug-likeness (QED) is 0.421. The van der Waals surface area contributed by atoms with Crippen molar-refractivity contribution in [2.45, 2.75) is 0 Å². The van der Waals surface area contributed by atoms with Crippen LogP contribution in [0.3, 0.4) is 0 Å². The minimum atomic E-state index is -0.0983. The van der Waals surface area contributed by atoms with Gasteiger partial charge >= 0.3 is 0 Å². The van der Waals surface area contributed by atoms with Crippen molar-refractivity contribution in [3.8, 4) is 17.4 Å². The van der Waals surface area contributed by atoms with Gasteiger partial charge < -0.3 is 9.47 Å². The minimum absolute atomic E-state index is 0.0983. The Hall–Kier alpha value is -4.19. The Balaban J connectivity index is 1.65. The first-order valence-electron chi connectivity index (χ1n) is 9.55. The van der Waals surface area contributed by atoms with Crippen molar-refractivity contribution >= 4 is 27.6 Å². The van der Waals surface area contributed by atoms with E-state index in [4.69, 9.17) is 9.47 Å². The molecule has 1 aliphatic rings. The average molecular weight is 393 g/mol. The summed E-state index contributed by atoms with van der Waals surface area (Å²) in [5.74, 6) is 1.66. The van der Waals surface area contributed by atoms with Crippen LogP contribution in [0.15, 0.2) is 79.1 Å². The minimum Gasteiger partial charge on any atom is -0.454 e. The van der Waals surface area contributed by atoms with E-state index in [1.54, 1.807) is 36.7 Å². The second-order valence-corrected chi connectivity index (χ2v) is 7.00. The molecule has 0 saturated heterocycles. The molecule has 0 atom stereocenters. The van der Waals surface area contributed by atoms with Crippen LogP contribution in [0.2, 0.25) is 0 Å². The highest BCUT2D eigenvalue weighted by Crippen LogP contribution is 2.36. The van der Waals surface area contributed by atoms with Crippen molar-refractivity contribution in [2.75, 3.05) is 6.79 Å². The second-order valence-electron chi connectivity index (χ2n) is 7.00. The molecule has 5 aromatic rings. The molecule has 0 bridgehead atoms. The molecule has 0 fully saturated rings. The summed E-state index contributed by atoms with van der Waals surface area (Å²) >= 11 is 0. The zero-order valence-electron chi connectivity index (χ0n) is 15.8. The Labute approximate surface area is 171 Å². The zero-order valence-corrected chi connectivity index (χ0v) is 15.8. The van der Waals surface area contributed by atoms with Crippen LogP contribution >= 0.6 is 0 Å². The van der Waals surface area contributed by atoms with E-state index in [9.17, 15) is 4.79 Å². The SMILES string of the molecule is O=C(c1ccc2c(c1)OCO2)c1cccc2c3ccccc3n(-c3ncccn3)c12. The Morgan fingerprint density at radius 2 is 1.63 bits per heavy atom. The fraction of sp³-hybridized carbons (Fsp3) is 0.0417. The zero-order chi connectivity index (χ0) is 20.1. The summed E-state index contributed by atoms with van der Waals surface area (Å²) in [4.78, 5) is 22.5. The van der Waals surface area contributed by atoms with Crippen molar-refractivity contribution in [3.05, 3.63) is 90.3 Å². The lowest BCUT2D eigenvalue weighted by molar-refractivity contribution is 0.103. The van der Waals surface area contributed by atoms with Gasteiger partial charge in [0.05, 0.1) is 11.0 Å². The van der Waals surface area contributed by atoms with Crippen LogP contribution in [-0.4, -0.2) is 27.1 Å². The number of hydrogen-bond donors (Lipinski definition) is 0. The summed E-state index contributed by atoms with van der Waals surface area (Å²) in [7, 11) is 0. The molecule has 0 radical (unpaired) electrons. The first-order valence-corrected chi connectivity index (χ1v) is 9.55. The molecule has 0 spiro atoms. The summed E-state index contributed by atoms with van der Waals surface area (Å²) in [5, 5.41) is 2.02. The maximum atomic E-state index is 13.6. The van der Waals surface area contributed by atoms with Gasteiger partial charge in [-0.25, -0.2) is 9.97 Å². The van der Waals surface area contributed by atoms with Gasteiger partial charge in [-0.1, -0.05) is 30.3 Å². The lowest BCUT2D eigenvalue weighted by Gasteiger charge is -2.09. The van der Waals surface area contributed by atoms with Gasteiger partial charge in [-0.3, -0.25) is 9.36 Å². The monoisotopic (exact) mass is 393 g/mol. The topological polar surface area (TPSA) is 66.2 Å². The van der Waals surface area contributed by atoms with Crippen LogP contribution in [0.1, 0.15) is 15.9 Å². The predicted octanol–water partition coefficient (Wildman–Crippen LogP) is 4.53. The Morgan fingerprint density at radius 3 is 2.53 bits per heavy atom. The summed E-state index contributed by atoms with van der Waals surface area (Å²) in [6.45, 7) is 0.169. The molecule has 1 aliphatic heterocycles. The molecule has 0 saturated carbocycles. The van der Waals surface area contributed by atoms with E-state index in [1.165, 1.54) is 0 Å². The third kappa shape index (κ3) is 2.40. The molecule has 0 aliphatic carbocycles. The number of hydrogen-bond acceptors (Lipinski definition) is 5. The van der Waals surface area contributed by atoms with Gasteiger partial charge in [-0.15, -0.1) is 0 Å². The number of carbonyl (C=O) groups is 1. The highest BCUT2D eigenvalue weighted by Gasteiger charge is 2.22. The Bertz CT molecular complexity index is 1440. The standard InChI is InChI=1S/C24H15N3O3/c28-23(15-9-10-20-21(13-15)30-14-29-20)18-7-3-6-17-16-5-1-2-8-19(16)27(22(17)18)24-25-11-4-12-26-24/h1-13H,14H2. The van der Waals surface area contributed by atoms with Crippen LogP contribution in [0.4, 0.5) is 0 Å². The molecular weight excluding hydrogens is 378 g/mol. The van der Waals surface area contributed by atoms with Crippen molar-refractivity contribution < 1.29 is 14.3 Å². The van der Waals surface area contributed by atoms with E-state index in [-0.39, 0.29) is 12.6 Å². The maximum absolute atomic E-state index is 13.6. The molecular formula is C24H15N3O3. The number of fused-ring (bicyclic) bond motifs is 4. The number of para-hydroxylation sites is 2. The first-order chi connectivity index (χ1) is 14.8. The van der Waals surface area contributed by atoms with Crippen LogP contribution in [-0.2, 0) is 0 Å². The summed E-state index contributed by atoms with van der Waals surface area (Å²) in [5.41, 5.74) is 2.85. The molecule has 0 amide bonds. The highest BCUT2D eigenvalue weighted by molar-refractivity contribution is 6.21. The van der Waals surface area contributed by atoms with Crippen molar-refractivity contribution in [1.29, 1.82) is 0 Å². The van der Waals surface area contributed by atoms with Crippen LogP contribution in [0, 0.1) is 0 Å². The van der Waals surface area contributed by atoms with Gasteiger partial charge in [0.2, 0.25) is 12.7 Å². The summed E-state index contributed by atoms with van der Waals surface area (Å²) < 4.78 is 12.8. The van der Waals surface area contributed by atoms with Gasteiger partial charge in [0.15, 0.2) is 17.3 Å². The molecule has 0 unspecified atom stereocenters. The van der Waals surface area contributed by atoms with Gasteiger partial charge in [-0.05, 0) is 36.4 Å². The van der Waals surface area contributed by atoms with Gasteiger partial charge in [0.1, 0.15) is 0 Å². The van der Waals surface area contributed by atoms with E-state index >= 15 is 0 Å². The highest BCUT2D eigenvalue weighted by atomic mass is 16.7. The molecule has 30 heavy (non-hydrogen) atoms. The number of rotatable bonds is 3. The first kappa shape index (κ1) is 16.7. The fourth-order valence-electron chi connectivity index (χ4n) is 4.01. The van der Waals surface area contributed by atoms with E-state index in [0.717, 1.165) is 21.8 Å². The molecule has 3 aromatic carbocycles. The number of nitrogens with zero attached hydrogens (tertiary/aromatic N) is 3. The molecule has 6 heteroatoms. The number of aromatic nitrogens is 3. The summed E-state index contributed by atoms with van der Waals surface area (Å²) in [6, 6.07) is 20.8. The predicted molar refractivity (Wildman–Crippen MR) is 112 cm³/mol. The van der Waals surface area contributed by atoms with Gasteiger partial charge in [0.25, 0.3) is 0 Å². The van der Waals surface area contributed by atoms with E-state index < -0.39 is 0 Å². The second kappa shape index (κ2) is 6.42. The Kier molecular flexibility index (Phi) is 3.58. The van der Waals surface area contributed by atoms with Crippen LogP contribution in [0.25, 0.3) is 27.8 Å². The lowest BCUT2D eigenvalue weighted by Crippen LogP contribution is -2.07. The van der Waals surface area contributed by atoms with Gasteiger partial charge in [0, 0.05) is 34.3 Å². The number of ether oxygens (including phenoxy) is 2. The van der Waals surface area contributed by atoms with E-state index in [1.807, 2.05) is 47.0 Å².